The van der Waals surface area contributed by atoms with E-state index in [-0.39, 0.29) is 22.2 Å². The van der Waals surface area contributed by atoms with Gasteiger partial charge in [0.15, 0.2) is 29.1 Å². The molecular formula is C15H13F3N6O2S. The molecule has 142 valence electrons. The number of hydrogen-bond donors (Lipinski definition) is 3. The summed E-state index contributed by atoms with van der Waals surface area (Å²) in [4.78, 5) is -0.00430. The average molecular weight is 398 g/mol. The van der Waals surface area contributed by atoms with Crippen LogP contribution in [0.15, 0.2) is 29.2 Å². The second-order valence-electron chi connectivity index (χ2n) is 5.52. The van der Waals surface area contributed by atoms with Crippen LogP contribution < -0.4 is 10.0 Å². The SMILES string of the molecule is Cc1n[nH]c(C)c1S(=O)(=O)Nc1ccc(Nc2ccc(F)c(F)c2F)nn1. The van der Waals surface area contributed by atoms with Crippen LogP contribution in [0.25, 0.3) is 0 Å². The number of nitrogens with zero attached hydrogens (tertiary/aromatic N) is 3. The minimum atomic E-state index is -3.94. The van der Waals surface area contributed by atoms with Gasteiger partial charge in [-0.15, -0.1) is 10.2 Å². The van der Waals surface area contributed by atoms with Crippen LogP contribution in [0, 0.1) is 31.3 Å². The lowest BCUT2D eigenvalue weighted by Gasteiger charge is -2.09. The van der Waals surface area contributed by atoms with Gasteiger partial charge in [-0.25, -0.2) is 21.6 Å². The molecule has 0 radical (unpaired) electrons. The summed E-state index contributed by atoms with van der Waals surface area (Å²) in [7, 11) is -3.94. The molecule has 3 N–H and O–H groups in total. The molecule has 27 heavy (non-hydrogen) atoms. The summed E-state index contributed by atoms with van der Waals surface area (Å²) in [5.41, 5.74) is 0.307. The number of sulfonamides is 1. The molecule has 3 rings (SSSR count). The molecule has 3 aromatic rings. The van der Waals surface area contributed by atoms with Crippen molar-refractivity contribution in [1.82, 2.24) is 20.4 Å². The molecule has 0 bridgehead atoms. The molecule has 0 aliphatic carbocycles. The van der Waals surface area contributed by atoms with Crippen molar-refractivity contribution >= 4 is 27.3 Å². The lowest BCUT2D eigenvalue weighted by Crippen LogP contribution is -2.16. The number of aromatic amines is 1. The number of benzene rings is 1. The Morgan fingerprint density at radius 3 is 2.22 bits per heavy atom. The summed E-state index contributed by atoms with van der Waals surface area (Å²) >= 11 is 0. The molecule has 2 heterocycles. The Kier molecular flexibility index (Phi) is 4.74. The second-order valence-corrected chi connectivity index (χ2v) is 7.14. The predicted octanol–water partition coefficient (Wildman–Crippen LogP) is 2.78. The number of anilines is 3. The monoisotopic (exact) mass is 398 g/mol. The zero-order chi connectivity index (χ0) is 19.8. The van der Waals surface area contributed by atoms with Gasteiger partial charge in [0.05, 0.1) is 17.1 Å². The summed E-state index contributed by atoms with van der Waals surface area (Å²) in [5, 5.41) is 16.2. The maximum atomic E-state index is 13.7. The van der Waals surface area contributed by atoms with Crippen molar-refractivity contribution < 1.29 is 21.6 Å². The highest BCUT2D eigenvalue weighted by atomic mass is 32.2. The van der Waals surface area contributed by atoms with Crippen LogP contribution in [-0.2, 0) is 10.0 Å². The van der Waals surface area contributed by atoms with E-state index >= 15 is 0 Å². The molecule has 1 aromatic carbocycles. The molecule has 0 saturated carbocycles. The molecule has 2 aromatic heterocycles. The number of nitrogens with one attached hydrogen (secondary N) is 3. The molecule has 0 amide bonds. The van der Waals surface area contributed by atoms with E-state index < -0.39 is 27.5 Å². The van der Waals surface area contributed by atoms with Gasteiger partial charge in [0.25, 0.3) is 10.0 Å². The maximum absolute atomic E-state index is 13.7. The van der Waals surface area contributed by atoms with Crippen molar-refractivity contribution in [3.8, 4) is 0 Å². The zero-order valence-electron chi connectivity index (χ0n) is 14.0. The topological polar surface area (TPSA) is 113 Å². The highest BCUT2D eigenvalue weighted by molar-refractivity contribution is 7.92. The largest absolute Gasteiger partial charge is 0.336 e. The summed E-state index contributed by atoms with van der Waals surface area (Å²) < 4.78 is 66.9. The van der Waals surface area contributed by atoms with E-state index in [1.54, 1.807) is 6.92 Å². The molecule has 0 fully saturated rings. The fourth-order valence-corrected chi connectivity index (χ4v) is 3.71. The summed E-state index contributed by atoms with van der Waals surface area (Å²) in [6.07, 6.45) is 0. The number of H-pyrrole nitrogens is 1. The highest BCUT2D eigenvalue weighted by Gasteiger charge is 2.23. The Morgan fingerprint density at radius 2 is 1.63 bits per heavy atom. The molecule has 0 aliphatic heterocycles. The summed E-state index contributed by atoms with van der Waals surface area (Å²) in [5.74, 6) is -4.45. The Morgan fingerprint density at radius 1 is 0.963 bits per heavy atom. The Bertz CT molecular complexity index is 1080. The van der Waals surface area contributed by atoms with Gasteiger partial charge in [0.2, 0.25) is 0 Å². The third-order valence-corrected chi connectivity index (χ3v) is 5.15. The van der Waals surface area contributed by atoms with Gasteiger partial charge in [0, 0.05) is 0 Å². The van der Waals surface area contributed by atoms with Gasteiger partial charge in [-0.1, -0.05) is 0 Å². The van der Waals surface area contributed by atoms with Gasteiger partial charge >= 0.3 is 0 Å². The molecule has 0 aliphatic rings. The van der Waals surface area contributed by atoms with Crippen molar-refractivity contribution in [2.24, 2.45) is 0 Å². The van der Waals surface area contributed by atoms with E-state index in [1.807, 2.05) is 0 Å². The minimum absolute atomic E-state index is 0.00136. The summed E-state index contributed by atoms with van der Waals surface area (Å²) in [6.45, 7) is 3.09. The van der Waals surface area contributed by atoms with Gasteiger partial charge in [0.1, 0.15) is 4.90 Å². The number of halogens is 3. The van der Waals surface area contributed by atoms with Crippen LogP contribution in [0.5, 0.6) is 0 Å². The third-order valence-electron chi connectivity index (χ3n) is 3.53. The molecular weight excluding hydrogens is 385 g/mol. The first kappa shape index (κ1) is 18.6. The van der Waals surface area contributed by atoms with E-state index in [2.05, 4.69) is 30.4 Å². The van der Waals surface area contributed by atoms with Crippen LogP contribution in [-0.4, -0.2) is 28.8 Å². The fourth-order valence-electron chi connectivity index (χ4n) is 2.34. The van der Waals surface area contributed by atoms with Crippen LogP contribution in [0.2, 0.25) is 0 Å². The molecule has 0 unspecified atom stereocenters. The Hall–Kier alpha value is -3.15. The Balaban J connectivity index is 1.79. The highest BCUT2D eigenvalue weighted by Crippen LogP contribution is 2.23. The van der Waals surface area contributed by atoms with Crippen LogP contribution >= 0.6 is 0 Å². The van der Waals surface area contributed by atoms with E-state index in [0.29, 0.717) is 11.4 Å². The van der Waals surface area contributed by atoms with Crippen LogP contribution in [0.4, 0.5) is 30.5 Å². The normalized spacial score (nSPS) is 11.4. The number of aryl methyl sites for hydroxylation is 2. The number of rotatable bonds is 5. The maximum Gasteiger partial charge on any atom is 0.266 e. The van der Waals surface area contributed by atoms with Crippen LogP contribution in [0.1, 0.15) is 11.4 Å². The van der Waals surface area contributed by atoms with E-state index in [0.717, 1.165) is 12.1 Å². The quantitative estimate of drug-likeness (QED) is 0.570. The first-order valence-electron chi connectivity index (χ1n) is 7.47. The number of aromatic nitrogens is 4. The van der Waals surface area contributed by atoms with Gasteiger partial charge < -0.3 is 5.32 Å². The Labute approximate surface area is 151 Å². The van der Waals surface area contributed by atoms with Gasteiger partial charge in [-0.2, -0.15) is 5.10 Å². The second kappa shape index (κ2) is 6.87. The van der Waals surface area contributed by atoms with Gasteiger partial charge in [-0.3, -0.25) is 9.82 Å². The molecule has 8 nitrogen and oxygen atoms in total. The van der Waals surface area contributed by atoms with E-state index in [4.69, 9.17) is 0 Å². The van der Waals surface area contributed by atoms with Crippen LogP contribution in [0.3, 0.4) is 0 Å². The fraction of sp³-hybridized carbons (Fsp3) is 0.133. The minimum Gasteiger partial charge on any atom is -0.336 e. The van der Waals surface area contributed by atoms with Gasteiger partial charge in [-0.05, 0) is 38.1 Å². The van der Waals surface area contributed by atoms with Crippen molar-refractivity contribution in [1.29, 1.82) is 0 Å². The van der Waals surface area contributed by atoms with Crippen molar-refractivity contribution in [2.75, 3.05) is 10.0 Å². The lowest BCUT2D eigenvalue weighted by molar-refractivity contribution is 0.449. The predicted molar refractivity (Wildman–Crippen MR) is 90.5 cm³/mol. The van der Waals surface area contributed by atoms with Crippen molar-refractivity contribution in [3.05, 3.63) is 53.1 Å². The van der Waals surface area contributed by atoms with E-state index in [1.165, 1.54) is 19.1 Å². The summed E-state index contributed by atoms with van der Waals surface area (Å²) in [6, 6.07) is 4.32. The smallest absolute Gasteiger partial charge is 0.266 e. The molecule has 12 heteroatoms. The standard InChI is InChI=1S/C15H13F3N6O2S/c1-7-15(8(2)21-20-7)27(25,26)24-12-6-5-11(22-23-12)19-10-4-3-9(16)13(17)14(10)18/h3-6H,1-2H3,(H,19,22)(H,20,21)(H,23,24). The third kappa shape index (κ3) is 3.69. The first-order valence-corrected chi connectivity index (χ1v) is 8.96. The molecule has 0 atom stereocenters. The molecule has 0 saturated heterocycles. The number of hydrogen-bond acceptors (Lipinski definition) is 6. The molecule has 0 spiro atoms. The average Bonchev–Trinajstić information content (AvgIpc) is 2.96. The van der Waals surface area contributed by atoms with Crippen molar-refractivity contribution in [3.63, 3.8) is 0 Å². The first-order chi connectivity index (χ1) is 12.7. The zero-order valence-corrected chi connectivity index (χ0v) is 14.8. The lowest BCUT2D eigenvalue weighted by atomic mass is 10.3. The van der Waals surface area contributed by atoms with Crippen molar-refractivity contribution in [2.45, 2.75) is 18.7 Å². The van der Waals surface area contributed by atoms with E-state index in [9.17, 15) is 21.6 Å².